The van der Waals surface area contributed by atoms with Gasteiger partial charge in [0.1, 0.15) is 0 Å². The van der Waals surface area contributed by atoms with Gasteiger partial charge in [-0.05, 0) is 23.7 Å². The quantitative estimate of drug-likeness (QED) is 0.604. The molecule has 0 aromatic rings. The molecule has 1 N–H and O–H groups in total. The fourth-order valence-corrected chi connectivity index (χ4v) is 2.81. The first-order valence-corrected chi connectivity index (χ1v) is 4.44. The lowest BCUT2D eigenvalue weighted by molar-refractivity contribution is -0.146. The highest BCUT2D eigenvalue weighted by Gasteiger charge is 2.53. The highest BCUT2D eigenvalue weighted by atomic mass is 16.4. The van der Waals surface area contributed by atoms with E-state index in [1.54, 1.807) is 0 Å². The third kappa shape index (κ3) is 0.780. The van der Waals surface area contributed by atoms with E-state index in [-0.39, 0.29) is 11.3 Å². The summed E-state index contributed by atoms with van der Waals surface area (Å²) in [7, 11) is 0. The Morgan fingerprint density at radius 2 is 2.17 bits per heavy atom. The average molecular weight is 166 g/mol. The van der Waals surface area contributed by atoms with Gasteiger partial charge < -0.3 is 5.11 Å². The van der Waals surface area contributed by atoms with E-state index in [4.69, 9.17) is 5.11 Å². The number of aliphatic carboxylic acids is 1. The van der Waals surface area contributed by atoms with E-state index >= 15 is 0 Å². The van der Waals surface area contributed by atoms with Crippen LogP contribution in [0.15, 0.2) is 12.2 Å². The van der Waals surface area contributed by atoms with Gasteiger partial charge in [-0.3, -0.25) is 4.79 Å². The first-order chi connectivity index (χ1) is 5.53. The van der Waals surface area contributed by atoms with E-state index in [9.17, 15) is 4.79 Å². The Hall–Kier alpha value is -0.790. The van der Waals surface area contributed by atoms with E-state index < -0.39 is 5.97 Å². The highest BCUT2D eigenvalue weighted by Crippen LogP contribution is 2.55. The van der Waals surface area contributed by atoms with Crippen LogP contribution >= 0.6 is 0 Å². The van der Waals surface area contributed by atoms with Crippen molar-refractivity contribution in [2.75, 3.05) is 0 Å². The molecule has 0 saturated heterocycles. The molecule has 0 radical (unpaired) electrons. The smallest absolute Gasteiger partial charge is 0.307 e. The van der Waals surface area contributed by atoms with Crippen molar-refractivity contribution in [1.82, 2.24) is 0 Å². The topological polar surface area (TPSA) is 37.3 Å². The molecule has 3 atom stereocenters. The molecule has 1 saturated carbocycles. The molecule has 0 heterocycles. The van der Waals surface area contributed by atoms with Gasteiger partial charge in [-0.15, -0.1) is 0 Å². The second kappa shape index (κ2) is 2.12. The van der Waals surface area contributed by atoms with E-state index in [0.717, 1.165) is 6.42 Å². The van der Waals surface area contributed by atoms with Crippen molar-refractivity contribution in [1.29, 1.82) is 0 Å². The summed E-state index contributed by atoms with van der Waals surface area (Å²) in [6, 6.07) is 0. The van der Waals surface area contributed by atoms with Gasteiger partial charge >= 0.3 is 5.97 Å². The van der Waals surface area contributed by atoms with Gasteiger partial charge in [0.2, 0.25) is 0 Å². The summed E-state index contributed by atoms with van der Waals surface area (Å²) in [5, 5.41) is 9.04. The minimum absolute atomic E-state index is 0.0365. The summed E-state index contributed by atoms with van der Waals surface area (Å²) in [6.07, 6.45) is 5.31. The molecule has 2 rings (SSSR count). The standard InChI is InChI=1S/C10H14O2/c1-10(2)7-4-3-6(5-7)8(10)9(11)12/h3-4,6-8H,5H2,1-2H3,(H,11,12)/t6-,7-,8+/m0/s1. The minimum atomic E-state index is -0.628. The number of fused-ring (bicyclic) bond motifs is 2. The maximum absolute atomic E-state index is 11.0. The summed E-state index contributed by atoms with van der Waals surface area (Å²) >= 11 is 0. The fourth-order valence-electron chi connectivity index (χ4n) is 2.81. The average Bonchev–Trinajstić information content (AvgIpc) is 2.41. The van der Waals surface area contributed by atoms with Crippen LogP contribution in [0, 0.1) is 23.2 Å². The maximum Gasteiger partial charge on any atom is 0.307 e. The van der Waals surface area contributed by atoms with Crippen LogP contribution in [0.5, 0.6) is 0 Å². The van der Waals surface area contributed by atoms with Crippen molar-refractivity contribution in [2.45, 2.75) is 20.3 Å². The number of rotatable bonds is 1. The Kier molecular flexibility index (Phi) is 1.39. The molecule has 2 aliphatic rings. The summed E-state index contributed by atoms with van der Waals surface area (Å²) in [5.41, 5.74) is -0.0365. The second-order valence-electron chi connectivity index (χ2n) is 4.53. The number of hydrogen-bond donors (Lipinski definition) is 1. The Labute approximate surface area is 72.3 Å². The number of carboxylic acids is 1. The molecule has 66 valence electrons. The molecule has 0 aromatic carbocycles. The van der Waals surface area contributed by atoms with E-state index in [1.165, 1.54) is 0 Å². The molecule has 2 heteroatoms. The third-order valence-electron chi connectivity index (χ3n) is 3.57. The molecule has 0 aliphatic heterocycles. The zero-order chi connectivity index (χ0) is 8.93. The zero-order valence-electron chi connectivity index (χ0n) is 7.45. The summed E-state index contributed by atoms with van der Waals surface area (Å²) in [6.45, 7) is 4.14. The van der Waals surface area contributed by atoms with Gasteiger partial charge in [0.15, 0.2) is 0 Å². The first kappa shape index (κ1) is 7.84. The van der Waals surface area contributed by atoms with Gasteiger partial charge in [-0.2, -0.15) is 0 Å². The number of carbonyl (C=O) groups is 1. The molecule has 0 aromatic heterocycles. The Bertz CT molecular complexity index is 253. The van der Waals surface area contributed by atoms with Crippen LogP contribution in [0.25, 0.3) is 0 Å². The lowest BCUT2D eigenvalue weighted by Gasteiger charge is -2.32. The maximum atomic E-state index is 11.0. The van der Waals surface area contributed by atoms with Crippen molar-refractivity contribution >= 4 is 5.97 Å². The first-order valence-electron chi connectivity index (χ1n) is 4.44. The summed E-state index contributed by atoms with van der Waals surface area (Å²) < 4.78 is 0. The molecule has 2 bridgehead atoms. The lowest BCUT2D eigenvalue weighted by atomic mass is 9.71. The molecule has 2 aliphatic carbocycles. The number of carboxylic acid groups (broad SMARTS) is 1. The Morgan fingerprint density at radius 1 is 1.50 bits per heavy atom. The van der Waals surface area contributed by atoms with E-state index in [1.807, 2.05) is 0 Å². The molecular formula is C10H14O2. The van der Waals surface area contributed by atoms with Crippen molar-refractivity contribution < 1.29 is 9.90 Å². The second-order valence-corrected chi connectivity index (χ2v) is 4.53. The van der Waals surface area contributed by atoms with Crippen LogP contribution in [0.4, 0.5) is 0 Å². The van der Waals surface area contributed by atoms with Crippen LogP contribution in [0.2, 0.25) is 0 Å². The molecule has 12 heavy (non-hydrogen) atoms. The predicted octanol–water partition coefficient (Wildman–Crippen LogP) is 1.92. The van der Waals surface area contributed by atoms with E-state index in [0.29, 0.717) is 11.8 Å². The van der Waals surface area contributed by atoms with Crippen LogP contribution in [-0.2, 0) is 4.79 Å². The third-order valence-corrected chi connectivity index (χ3v) is 3.57. The van der Waals surface area contributed by atoms with Crippen LogP contribution in [-0.4, -0.2) is 11.1 Å². The minimum Gasteiger partial charge on any atom is -0.481 e. The molecule has 0 spiro atoms. The Balaban J connectivity index is 2.36. The van der Waals surface area contributed by atoms with Gasteiger partial charge in [0, 0.05) is 0 Å². The van der Waals surface area contributed by atoms with Crippen molar-refractivity contribution in [3.05, 3.63) is 12.2 Å². The lowest BCUT2D eigenvalue weighted by Crippen LogP contribution is -2.34. The zero-order valence-corrected chi connectivity index (χ0v) is 7.45. The largest absolute Gasteiger partial charge is 0.481 e. The van der Waals surface area contributed by atoms with Crippen molar-refractivity contribution in [3.63, 3.8) is 0 Å². The highest BCUT2D eigenvalue weighted by molar-refractivity contribution is 5.73. The fraction of sp³-hybridized carbons (Fsp3) is 0.700. The van der Waals surface area contributed by atoms with Crippen molar-refractivity contribution in [2.24, 2.45) is 23.2 Å². The molecule has 1 fully saturated rings. The van der Waals surface area contributed by atoms with Crippen LogP contribution in [0.3, 0.4) is 0 Å². The van der Waals surface area contributed by atoms with E-state index in [2.05, 4.69) is 26.0 Å². The van der Waals surface area contributed by atoms with Crippen molar-refractivity contribution in [3.8, 4) is 0 Å². The number of hydrogen-bond acceptors (Lipinski definition) is 1. The Morgan fingerprint density at radius 3 is 2.50 bits per heavy atom. The van der Waals surface area contributed by atoms with Crippen LogP contribution in [0.1, 0.15) is 20.3 Å². The normalized spacial score (nSPS) is 42.0. The molecule has 2 nitrogen and oxygen atoms in total. The molecule has 0 amide bonds. The van der Waals surface area contributed by atoms with Gasteiger partial charge in [-0.1, -0.05) is 26.0 Å². The molecule has 0 unspecified atom stereocenters. The van der Waals surface area contributed by atoms with Gasteiger partial charge in [-0.25, -0.2) is 0 Å². The number of allylic oxidation sites excluding steroid dienone is 2. The molecular weight excluding hydrogens is 152 g/mol. The van der Waals surface area contributed by atoms with Crippen LogP contribution < -0.4 is 0 Å². The van der Waals surface area contributed by atoms with Gasteiger partial charge in [0.25, 0.3) is 0 Å². The van der Waals surface area contributed by atoms with Gasteiger partial charge in [0.05, 0.1) is 5.92 Å². The predicted molar refractivity (Wildman–Crippen MR) is 45.6 cm³/mol. The summed E-state index contributed by atoms with van der Waals surface area (Å²) in [4.78, 5) is 11.0. The monoisotopic (exact) mass is 166 g/mol. The summed E-state index contributed by atoms with van der Waals surface area (Å²) in [5.74, 6) is -0.00421. The SMILES string of the molecule is CC1(C)[C@H]2C=C[C@@H](C2)[C@@H]1C(=O)O.